The Morgan fingerprint density at radius 1 is 1.16 bits per heavy atom. The Labute approximate surface area is 149 Å². The monoisotopic (exact) mass is 361 g/mol. The van der Waals surface area contributed by atoms with Gasteiger partial charge in [-0.1, -0.05) is 17.7 Å². The summed E-state index contributed by atoms with van der Waals surface area (Å²) in [6.45, 7) is 5.38. The molecule has 1 N–H and O–H groups in total. The third kappa shape index (κ3) is 4.06. The summed E-state index contributed by atoms with van der Waals surface area (Å²) in [6.07, 6.45) is 0. The molecule has 25 heavy (non-hydrogen) atoms. The molecule has 0 aliphatic heterocycles. The summed E-state index contributed by atoms with van der Waals surface area (Å²) in [6, 6.07) is 7.07. The van der Waals surface area contributed by atoms with E-state index in [0.29, 0.717) is 11.1 Å². The molecule has 132 valence electrons. The summed E-state index contributed by atoms with van der Waals surface area (Å²) in [5.41, 5.74) is 2.00. The predicted octanol–water partition coefficient (Wildman–Crippen LogP) is 3.58. The van der Waals surface area contributed by atoms with Gasteiger partial charge in [0.05, 0.1) is 19.3 Å². The Kier molecular flexibility index (Phi) is 5.93. The molecule has 1 amide bonds. The normalized spacial score (nSPS) is 10.2. The van der Waals surface area contributed by atoms with Crippen LogP contribution in [0.1, 0.15) is 48.4 Å². The van der Waals surface area contributed by atoms with E-state index in [1.165, 1.54) is 7.11 Å². The van der Waals surface area contributed by atoms with Gasteiger partial charge in [0.25, 0.3) is 5.91 Å². The van der Waals surface area contributed by atoms with E-state index in [1.54, 1.807) is 32.0 Å². The quantitative estimate of drug-likeness (QED) is 0.823. The zero-order valence-electron chi connectivity index (χ0n) is 14.5. The summed E-state index contributed by atoms with van der Waals surface area (Å²) in [5.74, 6) is -1.53. The first-order chi connectivity index (χ1) is 11.9. The lowest BCUT2D eigenvalue weighted by molar-refractivity contribution is 0.0527. The van der Waals surface area contributed by atoms with Gasteiger partial charge in [0.1, 0.15) is 9.88 Å². The van der Waals surface area contributed by atoms with Crippen molar-refractivity contribution in [2.24, 2.45) is 0 Å². The highest BCUT2D eigenvalue weighted by atomic mass is 32.1. The van der Waals surface area contributed by atoms with Crippen LogP contribution in [0.4, 0.5) is 5.00 Å². The van der Waals surface area contributed by atoms with Crippen LogP contribution in [0.25, 0.3) is 0 Å². The lowest BCUT2D eigenvalue weighted by atomic mass is 10.1. The van der Waals surface area contributed by atoms with Crippen LogP contribution in [-0.4, -0.2) is 31.6 Å². The second-order valence-corrected chi connectivity index (χ2v) is 6.32. The Morgan fingerprint density at radius 2 is 1.88 bits per heavy atom. The van der Waals surface area contributed by atoms with E-state index in [-0.39, 0.29) is 28.0 Å². The van der Waals surface area contributed by atoms with Crippen molar-refractivity contribution in [1.82, 2.24) is 0 Å². The van der Waals surface area contributed by atoms with Crippen LogP contribution in [0.15, 0.2) is 24.3 Å². The fraction of sp³-hybridized carbons (Fsp3) is 0.278. The van der Waals surface area contributed by atoms with E-state index >= 15 is 0 Å². The van der Waals surface area contributed by atoms with Crippen LogP contribution >= 0.6 is 11.3 Å². The first-order valence-corrected chi connectivity index (χ1v) is 8.47. The Morgan fingerprint density at radius 3 is 2.48 bits per heavy atom. The molecule has 2 aromatic rings. The summed E-state index contributed by atoms with van der Waals surface area (Å²) in [4.78, 5) is 36.9. The molecule has 0 aliphatic carbocycles. The lowest BCUT2D eigenvalue weighted by Crippen LogP contribution is -2.15. The van der Waals surface area contributed by atoms with Crippen LogP contribution < -0.4 is 5.32 Å². The first-order valence-electron chi connectivity index (χ1n) is 7.65. The van der Waals surface area contributed by atoms with E-state index in [2.05, 4.69) is 5.32 Å². The van der Waals surface area contributed by atoms with Crippen LogP contribution in [0.3, 0.4) is 0 Å². The summed E-state index contributed by atoms with van der Waals surface area (Å²) < 4.78 is 9.78. The summed E-state index contributed by atoms with van der Waals surface area (Å²) in [5, 5.41) is 2.97. The van der Waals surface area contributed by atoms with Crippen molar-refractivity contribution in [2.75, 3.05) is 19.0 Å². The van der Waals surface area contributed by atoms with Crippen molar-refractivity contribution in [3.63, 3.8) is 0 Å². The average molecular weight is 361 g/mol. The van der Waals surface area contributed by atoms with Gasteiger partial charge in [-0.3, -0.25) is 4.79 Å². The van der Waals surface area contributed by atoms with Crippen molar-refractivity contribution >= 4 is 34.2 Å². The molecular formula is C18H19NO5S. The number of benzene rings is 1. The minimum atomic E-state index is -0.592. The molecule has 0 radical (unpaired) electrons. The number of ether oxygens (including phenoxy) is 2. The summed E-state index contributed by atoms with van der Waals surface area (Å²) in [7, 11) is 1.26. The zero-order chi connectivity index (χ0) is 18.6. The second kappa shape index (κ2) is 7.94. The molecule has 0 fully saturated rings. The van der Waals surface area contributed by atoms with E-state index in [0.717, 1.165) is 16.9 Å². The van der Waals surface area contributed by atoms with Gasteiger partial charge < -0.3 is 14.8 Å². The Hall–Kier alpha value is -2.67. The SMILES string of the molecule is CCOC(=O)c1c(NC(=O)c2cccc(C)c2)sc(C(=O)OC)c1C. The number of amides is 1. The number of hydrogen-bond acceptors (Lipinski definition) is 6. The minimum absolute atomic E-state index is 0.174. The maximum absolute atomic E-state index is 12.5. The third-order valence-corrected chi connectivity index (χ3v) is 4.69. The highest BCUT2D eigenvalue weighted by Crippen LogP contribution is 2.34. The zero-order valence-corrected chi connectivity index (χ0v) is 15.3. The highest BCUT2D eigenvalue weighted by molar-refractivity contribution is 7.18. The molecule has 7 heteroatoms. The van der Waals surface area contributed by atoms with Crippen molar-refractivity contribution in [3.05, 3.63) is 51.4 Å². The molecule has 2 rings (SSSR count). The van der Waals surface area contributed by atoms with Crippen LogP contribution in [0, 0.1) is 13.8 Å². The largest absolute Gasteiger partial charge is 0.465 e. The number of nitrogens with one attached hydrogen (secondary N) is 1. The number of esters is 2. The average Bonchev–Trinajstić information content (AvgIpc) is 2.90. The number of hydrogen-bond donors (Lipinski definition) is 1. The summed E-state index contributed by atoms with van der Waals surface area (Å²) >= 11 is 0.993. The van der Waals surface area contributed by atoms with E-state index in [1.807, 2.05) is 13.0 Å². The molecule has 0 spiro atoms. The number of carbonyl (C=O) groups excluding carboxylic acids is 3. The second-order valence-electron chi connectivity index (χ2n) is 5.30. The molecule has 0 unspecified atom stereocenters. The number of rotatable bonds is 5. The fourth-order valence-corrected chi connectivity index (χ4v) is 3.41. The molecule has 0 bridgehead atoms. The van der Waals surface area contributed by atoms with Gasteiger partial charge in [0.15, 0.2) is 0 Å². The van der Waals surface area contributed by atoms with E-state index in [4.69, 9.17) is 9.47 Å². The van der Waals surface area contributed by atoms with Gasteiger partial charge in [0, 0.05) is 5.56 Å². The van der Waals surface area contributed by atoms with Crippen molar-refractivity contribution in [2.45, 2.75) is 20.8 Å². The predicted molar refractivity (Wildman–Crippen MR) is 95.5 cm³/mol. The Bertz CT molecular complexity index is 825. The number of aryl methyl sites for hydroxylation is 1. The van der Waals surface area contributed by atoms with Gasteiger partial charge in [0.2, 0.25) is 0 Å². The minimum Gasteiger partial charge on any atom is -0.465 e. The molecule has 0 aliphatic rings. The number of methoxy groups -OCH3 is 1. The van der Waals surface area contributed by atoms with Crippen LogP contribution in [0.5, 0.6) is 0 Å². The Balaban J connectivity index is 2.43. The molecular weight excluding hydrogens is 342 g/mol. The van der Waals surface area contributed by atoms with E-state index in [9.17, 15) is 14.4 Å². The number of carbonyl (C=O) groups is 3. The molecule has 1 heterocycles. The highest BCUT2D eigenvalue weighted by Gasteiger charge is 2.27. The molecule has 0 atom stereocenters. The smallest absolute Gasteiger partial charge is 0.348 e. The van der Waals surface area contributed by atoms with Crippen LogP contribution in [0.2, 0.25) is 0 Å². The van der Waals surface area contributed by atoms with Crippen molar-refractivity contribution in [3.8, 4) is 0 Å². The maximum Gasteiger partial charge on any atom is 0.348 e. The van der Waals surface area contributed by atoms with Crippen LogP contribution in [-0.2, 0) is 9.47 Å². The molecule has 1 aromatic heterocycles. The molecule has 0 saturated heterocycles. The fourth-order valence-electron chi connectivity index (χ4n) is 2.30. The van der Waals surface area contributed by atoms with Gasteiger partial charge in [-0.15, -0.1) is 11.3 Å². The van der Waals surface area contributed by atoms with Gasteiger partial charge in [-0.05, 0) is 38.5 Å². The first kappa shape index (κ1) is 18.7. The lowest BCUT2D eigenvalue weighted by Gasteiger charge is -2.07. The molecule has 1 aromatic carbocycles. The molecule has 6 nitrogen and oxygen atoms in total. The van der Waals surface area contributed by atoms with Gasteiger partial charge in [-0.25, -0.2) is 9.59 Å². The topological polar surface area (TPSA) is 81.7 Å². The van der Waals surface area contributed by atoms with Gasteiger partial charge >= 0.3 is 11.9 Å². The number of anilines is 1. The maximum atomic E-state index is 12.5. The van der Waals surface area contributed by atoms with Crippen molar-refractivity contribution < 1.29 is 23.9 Å². The molecule has 0 saturated carbocycles. The van der Waals surface area contributed by atoms with Gasteiger partial charge in [-0.2, -0.15) is 0 Å². The van der Waals surface area contributed by atoms with E-state index < -0.39 is 11.9 Å². The van der Waals surface area contributed by atoms with Crippen molar-refractivity contribution in [1.29, 1.82) is 0 Å². The third-order valence-electron chi connectivity index (χ3n) is 3.50. The standard InChI is InChI=1S/C18H19NO5S/c1-5-24-17(21)13-11(3)14(18(22)23-4)25-16(13)19-15(20)12-8-6-7-10(2)9-12/h6-9H,5H2,1-4H3,(H,19,20). The number of thiophene rings is 1.